The van der Waals surface area contributed by atoms with Crippen molar-refractivity contribution in [2.24, 2.45) is 5.41 Å². The Bertz CT molecular complexity index is 483. The minimum absolute atomic E-state index is 0.0304. The van der Waals surface area contributed by atoms with Gasteiger partial charge in [-0.05, 0) is 42.2 Å². The van der Waals surface area contributed by atoms with Crippen LogP contribution in [0.3, 0.4) is 0 Å². The molecule has 0 aliphatic heterocycles. The summed E-state index contributed by atoms with van der Waals surface area (Å²) < 4.78 is 10.6. The maximum atomic E-state index is 10.8. The van der Waals surface area contributed by atoms with Gasteiger partial charge in [0.15, 0.2) is 0 Å². The number of methoxy groups -OCH3 is 2. The van der Waals surface area contributed by atoms with Crippen LogP contribution >= 0.6 is 11.8 Å². The number of carboxylic acid groups (broad SMARTS) is 1. The minimum atomic E-state index is -0.693. The molecule has 0 spiro atoms. The second-order valence-corrected chi connectivity index (χ2v) is 6.23. The maximum Gasteiger partial charge on any atom is 0.303 e. The number of hydrogen-bond acceptors (Lipinski definition) is 4. The lowest BCUT2D eigenvalue weighted by Crippen LogP contribution is -2.11. The van der Waals surface area contributed by atoms with E-state index >= 15 is 0 Å². The van der Waals surface area contributed by atoms with E-state index in [1.165, 1.54) is 0 Å². The number of carbonyl (C=O) groups is 1. The van der Waals surface area contributed by atoms with Crippen LogP contribution in [0.1, 0.15) is 24.8 Å². The maximum absolute atomic E-state index is 10.8. The van der Waals surface area contributed by atoms with Crippen LogP contribution in [-0.2, 0) is 10.5 Å². The van der Waals surface area contributed by atoms with Gasteiger partial charge in [-0.2, -0.15) is 11.8 Å². The van der Waals surface area contributed by atoms with E-state index in [1.807, 2.05) is 18.2 Å². The highest BCUT2D eigenvalue weighted by Crippen LogP contribution is 2.51. The molecule has 2 rings (SSSR count). The Kier molecular flexibility index (Phi) is 4.81. The summed E-state index contributed by atoms with van der Waals surface area (Å²) in [4.78, 5) is 10.8. The second-order valence-electron chi connectivity index (χ2n) is 5.24. The molecule has 0 amide bonds. The van der Waals surface area contributed by atoms with E-state index in [4.69, 9.17) is 14.6 Å². The van der Waals surface area contributed by atoms with E-state index in [-0.39, 0.29) is 11.8 Å². The molecule has 1 aromatic carbocycles. The molecule has 0 radical (unpaired) electrons. The van der Waals surface area contributed by atoms with Crippen LogP contribution in [-0.4, -0.2) is 31.0 Å². The van der Waals surface area contributed by atoms with Crippen LogP contribution in [0.5, 0.6) is 11.5 Å². The molecule has 0 aromatic heterocycles. The van der Waals surface area contributed by atoms with Crippen molar-refractivity contribution in [2.75, 3.05) is 20.0 Å². The quantitative estimate of drug-likeness (QED) is 0.798. The molecule has 1 aliphatic rings. The van der Waals surface area contributed by atoms with Crippen molar-refractivity contribution in [3.63, 3.8) is 0 Å². The molecule has 0 bridgehead atoms. The molecule has 0 saturated heterocycles. The summed E-state index contributed by atoms with van der Waals surface area (Å²) in [5.74, 6) is 2.66. The highest BCUT2D eigenvalue weighted by Gasteiger charge is 2.44. The monoisotopic (exact) mass is 296 g/mol. The molecule has 0 unspecified atom stereocenters. The van der Waals surface area contributed by atoms with Crippen LogP contribution in [0, 0.1) is 5.41 Å². The third-order valence-corrected chi connectivity index (χ3v) is 4.97. The van der Waals surface area contributed by atoms with Crippen LogP contribution in [0.15, 0.2) is 18.2 Å². The molecule has 1 aliphatic carbocycles. The summed E-state index contributed by atoms with van der Waals surface area (Å²) in [6.07, 6.45) is 2.35. The van der Waals surface area contributed by atoms with Gasteiger partial charge in [0.05, 0.1) is 20.6 Å². The third-order valence-electron chi connectivity index (χ3n) is 3.64. The smallest absolute Gasteiger partial charge is 0.303 e. The molecule has 1 fully saturated rings. The Balaban J connectivity index is 1.92. The van der Waals surface area contributed by atoms with Gasteiger partial charge in [-0.3, -0.25) is 4.79 Å². The zero-order valence-corrected chi connectivity index (χ0v) is 12.7. The molecular formula is C15H20O4S. The summed E-state index contributed by atoms with van der Waals surface area (Å²) in [6, 6.07) is 5.75. The molecule has 20 heavy (non-hydrogen) atoms. The van der Waals surface area contributed by atoms with E-state index in [1.54, 1.807) is 26.0 Å². The van der Waals surface area contributed by atoms with Gasteiger partial charge in [-0.15, -0.1) is 0 Å². The average molecular weight is 296 g/mol. The van der Waals surface area contributed by atoms with Crippen LogP contribution in [0.25, 0.3) is 0 Å². The number of thioether (sulfide) groups is 1. The predicted octanol–water partition coefficient (Wildman–Crippen LogP) is 3.19. The van der Waals surface area contributed by atoms with Crippen molar-refractivity contribution in [3.8, 4) is 11.5 Å². The van der Waals surface area contributed by atoms with Crippen molar-refractivity contribution >= 4 is 17.7 Å². The number of carboxylic acids is 1. The fourth-order valence-electron chi connectivity index (χ4n) is 2.24. The van der Waals surface area contributed by atoms with Gasteiger partial charge in [-0.1, -0.05) is 0 Å². The van der Waals surface area contributed by atoms with Gasteiger partial charge in [0, 0.05) is 11.3 Å². The van der Waals surface area contributed by atoms with E-state index < -0.39 is 5.97 Å². The van der Waals surface area contributed by atoms with E-state index in [9.17, 15) is 4.79 Å². The normalized spacial score (nSPS) is 15.7. The SMILES string of the molecule is COc1ccc(OC)c(CSCC2(CC(=O)O)CC2)c1. The van der Waals surface area contributed by atoms with Gasteiger partial charge < -0.3 is 14.6 Å². The Labute approximate surface area is 123 Å². The third kappa shape index (κ3) is 3.82. The topological polar surface area (TPSA) is 55.8 Å². The number of benzene rings is 1. The highest BCUT2D eigenvalue weighted by molar-refractivity contribution is 7.98. The molecule has 110 valence electrons. The lowest BCUT2D eigenvalue weighted by molar-refractivity contribution is -0.138. The summed E-state index contributed by atoms with van der Waals surface area (Å²) >= 11 is 1.77. The first-order chi connectivity index (χ1) is 9.58. The van der Waals surface area contributed by atoms with E-state index in [0.717, 1.165) is 41.4 Å². The molecule has 1 N–H and O–H groups in total. The zero-order chi connectivity index (χ0) is 14.6. The fourth-order valence-corrected chi connectivity index (χ4v) is 3.61. The molecular weight excluding hydrogens is 276 g/mol. The molecule has 1 saturated carbocycles. The summed E-state index contributed by atoms with van der Waals surface area (Å²) in [5.41, 5.74) is 1.12. The average Bonchev–Trinajstić information content (AvgIpc) is 3.17. The van der Waals surface area contributed by atoms with Crippen molar-refractivity contribution < 1.29 is 19.4 Å². The zero-order valence-electron chi connectivity index (χ0n) is 11.8. The predicted molar refractivity (Wildman–Crippen MR) is 79.6 cm³/mol. The van der Waals surface area contributed by atoms with E-state index in [0.29, 0.717) is 0 Å². The highest BCUT2D eigenvalue weighted by atomic mass is 32.2. The molecule has 4 nitrogen and oxygen atoms in total. The van der Waals surface area contributed by atoms with Crippen LogP contribution in [0.4, 0.5) is 0 Å². The van der Waals surface area contributed by atoms with Crippen LogP contribution < -0.4 is 9.47 Å². The Morgan fingerprint density at radius 2 is 2.10 bits per heavy atom. The van der Waals surface area contributed by atoms with Crippen molar-refractivity contribution in [2.45, 2.75) is 25.0 Å². The molecule has 0 atom stereocenters. The van der Waals surface area contributed by atoms with Crippen molar-refractivity contribution in [1.29, 1.82) is 0 Å². The molecule has 1 aromatic rings. The molecule has 5 heteroatoms. The Morgan fingerprint density at radius 3 is 2.65 bits per heavy atom. The Hall–Kier alpha value is -1.36. The lowest BCUT2D eigenvalue weighted by atomic mass is 10.1. The standard InChI is InChI=1S/C15H20O4S/c1-18-12-3-4-13(19-2)11(7-12)9-20-10-15(5-6-15)8-14(16)17/h3-4,7H,5-6,8-10H2,1-2H3,(H,16,17). The van der Waals surface area contributed by atoms with Crippen molar-refractivity contribution in [3.05, 3.63) is 23.8 Å². The lowest BCUT2D eigenvalue weighted by Gasteiger charge is -2.13. The summed E-state index contributed by atoms with van der Waals surface area (Å²) in [7, 11) is 3.30. The molecule has 0 heterocycles. The number of hydrogen-bond donors (Lipinski definition) is 1. The van der Waals surface area contributed by atoms with Gasteiger partial charge in [-0.25, -0.2) is 0 Å². The second kappa shape index (κ2) is 6.39. The first-order valence-electron chi connectivity index (χ1n) is 6.59. The van der Waals surface area contributed by atoms with Crippen molar-refractivity contribution in [1.82, 2.24) is 0 Å². The first kappa shape index (κ1) is 15.0. The van der Waals surface area contributed by atoms with Gasteiger partial charge in [0.25, 0.3) is 0 Å². The number of ether oxygens (including phenoxy) is 2. The van der Waals surface area contributed by atoms with Gasteiger partial charge >= 0.3 is 5.97 Å². The minimum Gasteiger partial charge on any atom is -0.497 e. The summed E-state index contributed by atoms with van der Waals surface area (Å²) in [5, 5.41) is 8.91. The number of rotatable bonds is 8. The van der Waals surface area contributed by atoms with Crippen LogP contribution in [0.2, 0.25) is 0 Å². The van der Waals surface area contributed by atoms with Gasteiger partial charge in [0.2, 0.25) is 0 Å². The van der Waals surface area contributed by atoms with E-state index in [2.05, 4.69) is 0 Å². The van der Waals surface area contributed by atoms with Gasteiger partial charge in [0.1, 0.15) is 11.5 Å². The summed E-state index contributed by atoms with van der Waals surface area (Å²) in [6.45, 7) is 0. The Morgan fingerprint density at radius 1 is 1.35 bits per heavy atom. The fraction of sp³-hybridized carbons (Fsp3) is 0.533. The number of aliphatic carboxylic acids is 1. The first-order valence-corrected chi connectivity index (χ1v) is 7.74. The largest absolute Gasteiger partial charge is 0.497 e.